The summed E-state index contributed by atoms with van der Waals surface area (Å²) in [6, 6.07) is 14.1. The number of hydrogen-bond donors (Lipinski definition) is 0. The van der Waals surface area contributed by atoms with E-state index in [9.17, 15) is 4.39 Å². The number of fused-ring (bicyclic) bond motifs is 1. The van der Waals surface area contributed by atoms with Crippen LogP contribution in [0.4, 0.5) is 4.39 Å². The highest BCUT2D eigenvalue weighted by Gasteiger charge is 2.17. The second kappa shape index (κ2) is 8.66. The Morgan fingerprint density at radius 2 is 1.70 bits per heavy atom. The summed E-state index contributed by atoms with van der Waals surface area (Å²) in [5.74, 6) is 0.350. The Bertz CT molecular complexity index is 1200. The van der Waals surface area contributed by atoms with E-state index in [-0.39, 0.29) is 5.82 Å². The lowest BCUT2D eigenvalue weighted by molar-refractivity contribution is 0.312. The molecule has 0 amide bonds. The van der Waals surface area contributed by atoms with Gasteiger partial charge in [-0.15, -0.1) is 0 Å². The Morgan fingerprint density at radius 1 is 0.967 bits per heavy atom. The van der Waals surface area contributed by atoms with Gasteiger partial charge in [-0.2, -0.15) is 0 Å². The van der Waals surface area contributed by atoms with Gasteiger partial charge in [0.15, 0.2) is 0 Å². The van der Waals surface area contributed by atoms with Crippen molar-refractivity contribution in [2.75, 3.05) is 6.61 Å². The number of nitrogens with zero attached hydrogens (tertiary/aromatic N) is 2. The van der Waals surface area contributed by atoms with Crippen LogP contribution in [0.3, 0.4) is 0 Å². The number of pyridine rings is 1. The van der Waals surface area contributed by atoms with Crippen LogP contribution in [0.1, 0.15) is 22.4 Å². The van der Waals surface area contributed by atoms with Crippen LogP contribution < -0.4 is 4.74 Å². The molecule has 0 N–H and O–H groups in total. The van der Waals surface area contributed by atoms with Crippen LogP contribution in [-0.2, 0) is 13.0 Å². The normalized spacial score (nSPS) is 11.2. The van der Waals surface area contributed by atoms with E-state index >= 15 is 0 Å². The minimum Gasteiger partial charge on any atom is -0.476 e. The number of halogens is 3. The van der Waals surface area contributed by atoms with Gasteiger partial charge in [0, 0.05) is 30.2 Å². The molecule has 2 aromatic heterocycles. The van der Waals surface area contributed by atoms with E-state index in [4.69, 9.17) is 27.9 Å². The Labute approximate surface area is 185 Å². The van der Waals surface area contributed by atoms with Gasteiger partial charge in [0.2, 0.25) is 5.88 Å². The Kier molecular flexibility index (Phi) is 5.98. The monoisotopic (exact) mass is 442 g/mol. The summed E-state index contributed by atoms with van der Waals surface area (Å²) in [6.45, 7) is 5.28. The quantitative estimate of drug-likeness (QED) is 0.329. The molecule has 6 heteroatoms. The number of rotatable bonds is 6. The van der Waals surface area contributed by atoms with Crippen LogP contribution in [0.2, 0.25) is 10.0 Å². The van der Waals surface area contributed by atoms with E-state index in [1.54, 1.807) is 18.3 Å². The van der Waals surface area contributed by atoms with Crippen molar-refractivity contribution in [1.82, 2.24) is 9.55 Å². The third kappa shape index (κ3) is 4.16. The highest BCUT2D eigenvalue weighted by Crippen LogP contribution is 2.32. The molecular formula is C24H21Cl2FN2O. The predicted molar refractivity (Wildman–Crippen MR) is 120 cm³/mol. The summed E-state index contributed by atoms with van der Waals surface area (Å²) >= 11 is 12.3. The van der Waals surface area contributed by atoms with E-state index in [0.717, 1.165) is 27.7 Å². The molecule has 0 aliphatic heterocycles. The summed E-state index contributed by atoms with van der Waals surface area (Å²) in [5.41, 5.74) is 5.36. The molecule has 0 atom stereocenters. The second-order valence-electron chi connectivity index (χ2n) is 7.28. The van der Waals surface area contributed by atoms with E-state index in [2.05, 4.69) is 23.4 Å². The molecule has 0 unspecified atom stereocenters. The lowest BCUT2D eigenvalue weighted by atomic mass is 10.1. The molecule has 30 heavy (non-hydrogen) atoms. The molecule has 2 aromatic carbocycles. The van der Waals surface area contributed by atoms with Crippen molar-refractivity contribution in [3.63, 3.8) is 0 Å². The first-order valence-corrected chi connectivity index (χ1v) is 10.4. The van der Waals surface area contributed by atoms with Crippen molar-refractivity contribution < 1.29 is 9.13 Å². The Balaban J connectivity index is 1.64. The molecule has 0 saturated heterocycles. The number of hydrogen-bond acceptors (Lipinski definition) is 2. The molecular weight excluding hydrogens is 422 g/mol. The maximum atomic E-state index is 13.1. The van der Waals surface area contributed by atoms with Gasteiger partial charge in [0.1, 0.15) is 11.3 Å². The second-order valence-corrected chi connectivity index (χ2v) is 8.10. The van der Waals surface area contributed by atoms with Crippen molar-refractivity contribution >= 4 is 34.1 Å². The van der Waals surface area contributed by atoms with Gasteiger partial charge in [-0.05, 0) is 60.9 Å². The maximum Gasteiger partial charge on any atom is 0.238 e. The first kappa shape index (κ1) is 20.7. The first-order valence-electron chi connectivity index (χ1n) is 9.69. The van der Waals surface area contributed by atoms with Gasteiger partial charge in [0.05, 0.1) is 16.7 Å². The van der Waals surface area contributed by atoms with E-state index in [1.807, 2.05) is 24.3 Å². The molecule has 0 aliphatic rings. The molecule has 0 fully saturated rings. The summed E-state index contributed by atoms with van der Waals surface area (Å²) in [5, 5.41) is 2.19. The number of benzene rings is 2. The Morgan fingerprint density at radius 3 is 2.43 bits per heavy atom. The number of ether oxygens (including phenoxy) is 1. The summed E-state index contributed by atoms with van der Waals surface area (Å²) < 4.78 is 21.4. The SMILES string of the molecule is Cc1c(C)n(Cc2ccc(Cl)c(Cl)c2)c2c(OCCc3ccc(F)cc3)nccc12. The van der Waals surface area contributed by atoms with Gasteiger partial charge in [-0.3, -0.25) is 0 Å². The average molecular weight is 443 g/mol. The van der Waals surface area contributed by atoms with Crippen LogP contribution in [0.25, 0.3) is 10.9 Å². The molecule has 4 aromatic rings. The number of aryl methyl sites for hydroxylation is 1. The molecule has 0 spiro atoms. The summed E-state index contributed by atoms with van der Waals surface area (Å²) in [7, 11) is 0. The minimum absolute atomic E-state index is 0.239. The van der Waals surface area contributed by atoms with E-state index in [1.165, 1.54) is 17.7 Å². The fourth-order valence-electron chi connectivity index (χ4n) is 3.60. The molecule has 4 rings (SSSR count). The van der Waals surface area contributed by atoms with Crippen LogP contribution in [0.15, 0.2) is 54.7 Å². The molecule has 2 heterocycles. The molecule has 154 valence electrons. The molecule has 0 bridgehead atoms. The molecule has 0 saturated carbocycles. The minimum atomic E-state index is -0.239. The zero-order chi connectivity index (χ0) is 21.3. The predicted octanol–water partition coefficient (Wildman–Crippen LogP) is 6.77. The molecule has 0 radical (unpaired) electrons. The Hall–Kier alpha value is -2.56. The van der Waals surface area contributed by atoms with Crippen molar-refractivity contribution in [2.24, 2.45) is 0 Å². The van der Waals surface area contributed by atoms with Crippen LogP contribution in [-0.4, -0.2) is 16.2 Å². The maximum absolute atomic E-state index is 13.1. The van der Waals surface area contributed by atoms with Gasteiger partial charge in [-0.1, -0.05) is 41.4 Å². The standard InChI is InChI=1S/C24H21Cl2FN2O/c1-15-16(2)29(14-18-5-8-21(25)22(26)13-18)23-20(15)9-11-28-24(23)30-12-10-17-3-6-19(27)7-4-17/h3-9,11,13H,10,12,14H2,1-2H3. The highest BCUT2D eigenvalue weighted by atomic mass is 35.5. The third-order valence-electron chi connectivity index (χ3n) is 5.38. The van der Waals surface area contributed by atoms with Crippen molar-refractivity contribution in [3.8, 4) is 5.88 Å². The third-order valence-corrected chi connectivity index (χ3v) is 6.12. The molecule has 3 nitrogen and oxygen atoms in total. The van der Waals surface area contributed by atoms with Crippen molar-refractivity contribution in [1.29, 1.82) is 0 Å². The fraction of sp³-hybridized carbons (Fsp3) is 0.208. The number of aromatic nitrogens is 2. The fourth-order valence-corrected chi connectivity index (χ4v) is 3.92. The first-order chi connectivity index (χ1) is 14.4. The summed E-state index contributed by atoms with van der Waals surface area (Å²) in [6.07, 6.45) is 2.44. The van der Waals surface area contributed by atoms with Crippen LogP contribution in [0.5, 0.6) is 5.88 Å². The lowest BCUT2D eigenvalue weighted by Gasteiger charge is -2.13. The largest absolute Gasteiger partial charge is 0.476 e. The van der Waals surface area contributed by atoms with Crippen molar-refractivity contribution in [2.45, 2.75) is 26.8 Å². The van der Waals surface area contributed by atoms with Gasteiger partial charge in [0.25, 0.3) is 0 Å². The van der Waals surface area contributed by atoms with Crippen LogP contribution in [0, 0.1) is 19.7 Å². The molecule has 0 aliphatic carbocycles. The van der Waals surface area contributed by atoms with E-state index in [0.29, 0.717) is 35.5 Å². The lowest BCUT2D eigenvalue weighted by Crippen LogP contribution is -2.07. The van der Waals surface area contributed by atoms with E-state index < -0.39 is 0 Å². The van der Waals surface area contributed by atoms with Gasteiger partial charge >= 0.3 is 0 Å². The van der Waals surface area contributed by atoms with Crippen molar-refractivity contribution in [3.05, 3.63) is 93.0 Å². The average Bonchev–Trinajstić information content (AvgIpc) is 2.98. The van der Waals surface area contributed by atoms with Gasteiger partial charge in [-0.25, -0.2) is 9.37 Å². The van der Waals surface area contributed by atoms with Gasteiger partial charge < -0.3 is 9.30 Å². The zero-order valence-corrected chi connectivity index (χ0v) is 18.3. The topological polar surface area (TPSA) is 27.1 Å². The summed E-state index contributed by atoms with van der Waals surface area (Å²) in [4.78, 5) is 4.49. The highest BCUT2D eigenvalue weighted by molar-refractivity contribution is 6.42. The van der Waals surface area contributed by atoms with Crippen LogP contribution >= 0.6 is 23.2 Å². The smallest absolute Gasteiger partial charge is 0.238 e. The zero-order valence-electron chi connectivity index (χ0n) is 16.8.